The molecule has 1 aromatic heterocycles. The number of furan rings is 1. The Hall–Kier alpha value is -3.49. The smallest absolute Gasteiger partial charge is 0.374 e. The lowest BCUT2D eigenvalue weighted by molar-refractivity contribution is -0.119. The first-order chi connectivity index (χ1) is 15.6. The Morgan fingerprint density at radius 3 is 2.50 bits per heavy atom. The topological polar surface area (TPSA) is 81.0 Å². The fourth-order valence-electron chi connectivity index (χ4n) is 3.36. The third-order valence-corrected chi connectivity index (χ3v) is 5.03. The van der Waals surface area contributed by atoms with Crippen LogP contribution in [0, 0.1) is 5.82 Å². The van der Waals surface area contributed by atoms with Gasteiger partial charge in [0.2, 0.25) is 5.76 Å². The number of anilines is 1. The van der Waals surface area contributed by atoms with E-state index in [1.807, 2.05) is 24.3 Å². The van der Waals surface area contributed by atoms with Gasteiger partial charge in [0.15, 0.2) is 6.61 Å². The van der Waals surface area contributed by atoms with Crippen LogP contribution in [0.3, 0.4) is 0 Å². The lowest BCUT2D eigenvalue weighted by Gasteiger charge is -2.26. The quantitative estimate of drug-likeness (QED) is 0.567. The van der Waals surface area contributed by atoms with Crippen molar-refractivity contribution in [2.75, 3.05) is 38.2 Å². The zero-order chi connectivity index (χ0) is 22.3. The summed E-state index contributed by atoms with van der Waals surface area (Å²) in [6, 6.07) is 16.5. The summed E-state index contributed by atoms with van der Waals surface area (Å²) < 4.78 is 29.6. The van der Waals surface area contributed by atoms with Crippen molar-refractivity contribution in [3.05, 3.63) is 77.8 Å². The Kier molecular flexibility index (Phi) is 6.94. The number of benzene rings is 2. The van der Waals surface area contributed by atoms with Crippen LogP contribution in [0.1, 0.15) is 16.1 Å². The Bertz CT molecular complexity index is 1070. The fraction of sp³-hybridized carbons (Fsp3) is 0.250. The molecule has 0 atom stereocenters. The van der Waals surface area contributed by atoms with Crippen molar-refractivity contribution >= 4 is 17.6 Å². The van der Waals surface area contributed by atoms with Crippen LogP contribution in [0.25, 0.3) is 11.3 Å². The summed E-state index contributed by atoms with van der Waals surface area (Å²) in [5.74, 6) is -1.64. The van der Waals surface area contributed by atoms with Crippen molar-refractivity contribution in [1.29, 1.82) is 0 Å². The number of hydrogen-bond acceptors (Lipinski definition) is 6. The molecule has 1 amide bonds. The number of rotatable bonds is 7. The summed E-state index contributed by atoms with van der Waals surface area (Å²) in [6.45, 7) is 3.66. The lowest BCUT2D eigenvalue weighted by atomic mass is 10.1. The first kappa shape index (κ1) is 21.7. The number of carbonyl (C=O) groups is 2. The molecule has 0 bridgehead atoms. The van der Waals surface area contributed by atoms with Gasteiger partial charge in [-0.05, 0) is 42.0 Å². The van der Waals surface area contributed by atoms with E-state index in [0.717, 1.165) is 38.4 Å². The van der Waals surface area contributed by atoms with Gasteiger partial charge >= 0.3 is 5.97 Å². The van der Waals surface area contributed by atoms with Crippen LogP contribution in [-0.4, -0.2) is 49.7 Å². The molecule has 1 fully saturated rings. The summed E-state index contributed by atoms with van der Waals surface area (Å²) in [6.07, 6.45) is 0. The maximum atomic E-state index is 13.9. The number of amides is 1. The lowest BCUT2D eigenvalue weighted by Crippen LogP contribution is -2.35. The number of hydrogen-bond donors (Lipinski definition) is 1. The number of halogens is 1. The third kappa shape index (κ3) is 5.60. The molecule has 4 rings (SSSR count). The van der Waals surface area contributed by atoms with E-state index >= 15 is 0 Å². The highest BCUT2D eigenvalue weighted by molar-refractivity contribution is 5.94. The Labute approximate surface area is 184 Å². The van der Waals surface area contributed by atoms with Crippen molar-refractivity contribution in [2.45, 2.75) is 6.54 Å². The number of morpholine rings is 1. The summed E-state index contributed by atoms with van der Waals surface area (Å²) in [4.78, 5) is 26.6. The minimum atomic E-state index is -0.802. The summed E-state index contributed by atoms with van der Waals surface area (Å²) in [7, 11) is 0. The summed E-state index contributed by atoms with van der Waals surface area (Å²) >= 11 is 0. The number of ether oxygens (including phenoxy) is 2. The molecule has 1 N–H and O–H groups in total. The molecule has 8 heteroatoms. The molecule has 2 aromatic carbocycles. The van der Waals surface area contributed by atoms with Crippen LogP contribution in [0.4, 0.5) is 10.1 Å². The second-order valence-electron chi connectivity index (χ2n) is 7.35. The van der Waals surface area contributed by atoms with Crippen LogP contribution in [0.5, 0.6) is 0 Å². The number of carbonyl (C=O) groups excluding carboxylic acids is 2. The van der Waals surface area contributed by atoms with Gasteiger partial charge in [-0.15, -0.1) is 0 Å². The van der Waals surface area contributed by atoms with E-state index in [4.69, 9.17) is 13.9 Å². The van der Waals surface area contributed by atoms with Gasteiger partial charge in [-0.3, -0.25) is 9.69 Å². The van der Waals surface area contributed by atoms with Crippen LogP contribution in [0.2, 0.25) is 0 Å². The SMILES string of the molecule is O=C(COC(=O)c1ccc(-c2ccccc2F)o1)Nc1ccc(CN2CCOCC2)cc1. The molecule has 0 aliphatic carbocycles. The Morgan fingerprint density at radius 2 is 1.75 bits per heavy atom. The van der Waals surface area contributed by atoms with Gasteiger partial charge in [-0.1, -0.05) is 24.3 Å². The molecule has 166 valence electrons. The molecule has 0 saturated carbocycles. The van der Waals surface area contributed by atoms with Gasteiger partial charge in [0.25, 0.3) is 5.91 Å². The highest BCUT2D eigenvalue weighted by Crippen LogP contribution is 2.25. The predicted octanol–water partition coefficient (Wildman–Crippen LogP) is 3.71. The van der Waals surface area contributed by atoms with Crippen LogP contribution in [-0.2, 0) is 20.8 Å². The minimum Gasteiger partial charge on any atom is -0.450 e. The third-order valence-electron chi connectivity index (χ3n) is 5.03. The molecule has 0 radical (unpaired) electrons. The van der Waals surface area contributed by atoms with Crippen molar-refractivity contribution in [3.63, 3.8) is 0 Å². The summed E-state index contributed by atoms with van der Waals surface area (Å²) in [5.41, 5.74) is 1.98. The van der Waals surface area contributed by atoms with Crippen LogP contribution >= 0.6 is 0 Å². The highest BCUT2D eigenvalue weighted by atomic mass is 19.1. The molecule has 1 aliphatic heterocycles. The number of esters is 1. The van der Waals surface area contributed by atoms with E-state index in [1.165, 1.54) is 18.2 Å². The van der Waals surface area contributed by atoms with E-state index in [-0.39, 0.29) is 17.1 Å². The molecular weight excluding hydrogens is 415 g/mol. The summed E-state index contributed by atoms with van der Waals surface area (Å²) in [5, 5.41) is 2.69. The van der Waals surface area contributed by atoms with Gasteiger partial charge in [0.1, 0.15) is 11.6 Å². The first-order valence-electron chi connectivity index (χ1n) is 10.3. The minimum absolute atomic E-state index is 0.108. The number of nitrogens with one attached hydrogen (secondary N) is 1. The van der Waals surface area contributed by atoms with Gasteiger partial charge in [0, 0.05) is 25.3 Å². The van der Waals surface area contributed by atoms with E-state index < -0.39 is 24.3 Å². The standard InChI is InChI=1S/C24H23FN2O5/c25-20-4-2-1-3-19(20)21-9-10-22(32-21)24(29)31-16-23(28)26-18-7-5-17(6-8-18)15-27-11-13-30-14-12-27/h1-10H,11-16H2,(H,26,28). The van der Waals surface area contributed by atoms with E-state index in [2.05, 4.69) is 10.2 Å². The molecule has 1 aliphatic rings. The molecule has 32 heavy (non-hydrogen) atoms. The Morgan fingerprint density at radius 1 is 1.00 bits per heavy atom. The maximum absolute atomic E-state index is 13.9. The van der Waals surface area contributed by atoms with Crippen LogP contribution in [0.15, 0.2) is 65.1 Å². The largest absolute Gasteiger partial charge is 0.450 e. The first-order valence-corrected chi connectivity index (χ1v) is 10.3. The van der Waals surface area contributed by atoms with Crippen molar-refractivity contribution in [2.24, 2.45) is 0 Å². The van der Waals surface area contributed by atoms with Crippen LogP contribution < -0.4 is 5.32 Å². The van der Waals surface area contributed by atoms with Gasteiger partial charge in [0.05, 0.1) is 18.8 Å². The van der Waals surface area contributed by atoms with Gasteiger partial charge in [-0.2, -0.15) is 0 Å². The van der Waals surface area contributed by atoms with Crippen molar-refractivity contribution in [3.8, 4) is 11.3 Å². The molecule has 1 saturated heterocycles. The molecular formula is C24H23FN2O5. The van der Waals surface area contributed by atoms with E-state index in [9.17, 15) is 14.0 Å². The average Bonchev–Trinajstić information content (AvgIpc) is 3.30. The van der Waals surface area contributed by atoms with E-state index in [1.54, 1.807) is 18.2 Å². The fourth-order valence-corrected chi connectivity index (χ4v) is 3.36. The van der Waals surface area contributed by atoms with Gasteiger partial charge in [-0.25, -0.2) is 9.18 Å². The Balaban J connectivity index is 1.26. The highest BCUT2D eigenvalue weighted by Gasteiger charge is 2.17. The van der Waals surface area contributed by atoms with Gasteiger partial charge < -0.3 is 19.2 Å². The second-order valence-corrected chi connectivity index (χ2v) is 7.35. The zero-order valence-electron chi connectivity index (χ0n) is 17.4. The normalized spacial score (nSPS) is 14.2. The monoisotopic (exact) mass is 438 g/mol. The molecule has 7 nitrogen and oxygen atoms in total. The van der Waals surface area contributed by atoms with Crippen molar-refractivity contribution in [1.82, 2.24) is 4.90 Å². The number of nitrogens with zero attached hydrogens (tertiary/aromatic N) is 1. The average molecular weight is 438 g/mol. The maximum Gasteiger partial charge on any atom is 0.374 e. The second kappa shape index (κ2) is 10.2. The predicted molar refractivity (Wildman–Crippen MR) is 116 cm³/mol. The van der Waals surface area contributed by atoms with Crippen molar-refractivity contribution < 1.29 is 27.9 Å². The molecule has 3 aromatic rings. The van der Waals surface area contributed by atoms with E-state index in [0.29, 0.717) is 5.69 Å². The zero-order valence-corrected chi connectivity index (χ0v) is 17.4. The molecule has 0 spiro atoms. The molecule has 2 heterocycles. The molecule has 0 unspecified atom stereocenters.